The van der Waals surface area contributed by atoms with Crippen LogP contribution in [0.3, 0.4) is 0 Å². The van der Waals surface area contributed by atoms with E-state index in [4.69, 9.17) is 9.47 Å². The average Bonchev–Trinajstić information content (AvgIpc) is 2.55. The van der Waals surface area contributed by atoms with E-state index >= 15 is 0 Å². The molecule has 1 N–H and O–H groups in total. The van der Waals surface area contributed by atoms with Gasteiger partial charge in [-0.3, -0.25) is 0 Å². The van der Waals surface area contributed by atoms with Crippen LogP contribution >= 0.6 is 0 Å². The van der Waals surface area contributed by atoms with Gasteiger partial charge in [0.1, 0.15) is 0 Å². The molecule has 1 aromatic heterocycles. The van der Waals surface area contributed by atoms with Crippen LogP contribution in [-0.2, 0) is 0 Å². The van der Waals surface area contributed by atoms with Gasteiger partial charge in [0, 0.05) is 24.3 Å². The summed E-state index contributed by atoms with van der Waals surface area (Å²) in [6.45, 7) is 0. The number of hydrogen-bond donors (Lipinski definition) is 1. The number of hydrogen-bond acceptors (Lipinski definition) is 4. The molecule has 0 fully saturated rings. The molecule has 0 amide bonds. The molecule has 0 unspecified atom stereocenters. The van der Waals surface area contributed by atoms with Crippen LogP contribution in [0.1, 0.15) is 0 Å². The summed E-state index contributed by atoms with van der Waals surface area (Å²) < 4.78 is 11.2. The summed E-state index contributed by atoms with van der Waals surface area (Å²) in [7, 11) is 3.52. The highest BCUT2D eigenvalue weighted by atomic mass is 16.5. The van der Waals surface area contributed by atoms with Gasteiger partial charge < -0.3 is 14.8 Å². The molecule has 0 spiro atoms. The van der Waals surface area contributed by atoms with Crippen molar-refractivity contribution in [2.45, 2.75) is 0 Å². The first-order valence-corrected chi connectivity index (χ1v) is 6.69. The normalized spacial score (nSPS) is 10.4. The number of para-hydroxylation sites is 2. The fourth-order valence-electron chi connectivity index (χ4n) is 2.19. The van der Waals surface area contributed by atoms with E-state index in [-0.39, 0.29) is 0 Å². The molecule has 1 heterocycles. The Hall–Kier alpha value is -2.75. The number of anilines is 1. The van der Waals surface area contributed by atoms with Crippen molar-refractivity contribution >= 4 is 16.5 Å². The van der Waals surface area contributed by atoms with Crippen LogP contribution < -0.4 is 14.8 Å². The van der Waals surface area contributed by atoms with Gasteiger partial charge in [0.2, 0.25) is 5.88 Å². The van der Waals surface area contributed by atoms with Crippen molar-refractivity contribution in [1.29, 1.82) is 0 Å². The van der Waals surface area contributed by atoms with Gasteiger partial charge in [0.05, 0.1) is 7.11 Å². The van der Waals surface area contributed by atoms with Crippen LogP contribution in [0.15, 0.2) is 54.7 Å². The molecule has 0 saturated heterocycles. The third kappa shape index (κ3) is 2.60. The zero-order chi connectivity index (χ0) is 14.7. The van der Waals surface area contributed by atoms with Crippen molar-refractivity contribution in [1.82, 2.24) is 4.98 Å². The van der Waals surface area contributed by atoms with Crippen LogP contribution in [0, 0.1) is 0 Å². The van der Waals surface area contributed by atoms with E-state index in [2.05, 4.69) is 16.4 Å². The number of nitrogens with zero attached hydrogens (tertiary/aromatic N) is 1. The smallest absolute Gasteiger partial charge is 0.227 e. The molecule has 4 heteroatoms. The van der Waals surface area contributed by atoms with Gasteiger partial charge in [-0.15, -0.1) is 0 Å². The highest BCUT2D eigenvalue weighted by Crippen LogP contribution is 2.34. The molecular formula is C17H16N2O2. The lowest BCUT2D eigenvalue weighted by molar-refractivity contribution is 0.376. The molecule has 0 bridgehead atoms. The van der Waals surface area contributed by atoms with Crippen LogP contribution in [0.4, 0.5) is 5.69 Å². The fraction of sp³-hybridized carbons (Fsp3) is 0.118. The lowest BCUT2D eigenvalue weighted by Gasteiger charge is -2.11. The van der Waals surface area contributed by atoms with E-state index < -0.39 is 0 Å². The van der Waals surface area contributed by atoms with Crippen molar-refractivity contribution in [2.75, 3.05) is 19.5 Å². The minimum atomic E-state index is 0.569. The maximum atomic E-state index is 5.93. The summed E-state index contributed by atoms with van der Waals surface area (Å²) in [6, 6.07) is 15.6. The second kappa shape index (κ2) is 5.71. The third-order valence-corrected chi connectivity index (χ3v) is 3.29. The fourth-order valence-corrected chi connectivity index (χ4v) is 2.19. The molecule has 3 rings (SSSR count). The van der Waals surface area contributed by atoms with Gasteiger partial charge in [0.25, 0.3) is 0 Å². The van der Waals surface area contributed by atoms with E-state index in [1.807, 2.05) is 49.5 Å². The van der Waals surface area contributed by atoms with Gasteiger partial charge in [-0.1, -0.05) is 12.1 Å². The summed E-state index contributed by atoms with van der Waals surface area (Å²) in [5, 5.41) is 5.16. The summed E-state index contributed by atoms with van der Waals surface area (Å²) in [5.41, 5.74) is 1.05. The van der Waals surface area contributed by atoms with E-state index in [0.29, 0.717) is 17.4 Å². The van der Waals surface area contributed by atoms with E-state index in [1.165, 1.54) is 0 Å². The number of pyridine rings is 1. The number of nitrogens with one attached hydrogen (secondary N) is 1. The van der Waals surface area contributed by atoms with Crippen molar-refractivity contribution in [2.24, 2.45) is 0 Å². The molecule has 0 radical (unpaired) electrons. The SMILES string of the molecule is CNc1ccc2c(Oc3ccccc3OC)nccc2c1. The van der Waals surface area contributed by atoms with Gasteiger partial charge in [-0.05, 0) is 41.8 Å². The quantitative estimate of drug-likeness (QED) is 0.782. The van der Waals surface area contributed by atoms with Gasteiger partial charge in [-0.25, -0.2) is 4.98 Å². The second-order valence-electron chi connectivity index (χ2n) is 4.55. The maximum absolute atomic E-state index is 5.93. The highest BCUT2D eigenvalue weighted by molar-refractivity contribution is 5.89. The Morgan fingerprint density at radius 2 is 1.81 bits per heavy atom. The predicted octanol–water partition coefficient (Wildman–Crippen LogP) is 4.08. The lowest BCUT2D eigenvalue weighted by Crippen LogP contribution is -1.93. The van der Waals surface area contributed by atoms with Gasteiger partial charge in [0.15, 0.2) is 11.5 Å². The van der Waals surface area contributed by atoms with E-state index in [9.17, 15) is 0 Å². The number of ether oxygens (including phenoxy) is 2. The van der Waals surface area contributed by atoms with Crippen LogP contribution in [-0.4, -0.2) is 19.1 Å². The Kier molecular flexibility index (Phi) is 3.60. The summed E-state index contributed by atoms with van der Waals surface area (Å²) >= 11 is 0. The number of fused-ring (bicyclic) bond motifs is 1. The van der Waals surface area contributed by atoms with E-state index in [0.717, 1.165) is 16.5 Å². The lowest BCUT2D eigenvalue weighted by atomic mass is 10.1. The Labute approximate surface area is 123 Å². The minimum absolute atomic E-state index is 0.569. The Morgan fingerprint density at radius 3 is 2.57 bits per heavy atom. The van der Waals surface area contributed by atoms with Crippen LogP contribution in [0.5, 0.6) is 17.4 Å². The van der Waals surface area contributed by atoms with Crippen LogP contribution in [0.2, 0.25) is 0 Å². The summed E-state index contributed by atoms with van der Waals surface area (Å²) in [5.74, 6) is 1.90. The second-order valence-corrected chi connectivity index (χ2v) is 4.55. The van der Waals surface area contributed by atoms with Gasteiger partial charge in [-0.2, -0.15) is 0 Å². The van der Waals surface area contributed by atoms with Crippen molar-refractivity contribution in [3.8, 4) is 17.4 Å². The predicted molar refractivity (Wildman–Crippen MR) is 84.4 cm³/mol. The van der Waals surface area contributed by atoms with Crippen LogP contribution in [0.25, 0.3) is 10.8 Å². The topological polar surface area (TPSA) is 43.4 Å². The Balaban J connectivity index is 2.04. The summed E-state index contributed by atoms with van der Waals surface area (Å²) in [4.78, 5) is 4.33. The molecule has 21 heavy (non-hydrogen) atoms. The van der Waals surface area contributed by atoms with Crippen molar-refractivity contribution < 1.29 is 9.47 Å². The largest absolute Gasteiger partial charge is 0.493 e. The Bertz CT molecular complexity index is 772. The molecule has 0 atom stereocenters. The molecular weight excluding hydrogens is 264 g/mol. The zero-order valence-electron chi connectivity index (χ0n) is 12.0. The molecule has 0 saturated carbocycles. The minimum Gasteiger partial charge on any atom is -0.493 e. The number of aromatic nitrogens is 1. The molecule has 2 aromatic carbocycles. The first kappa shape index (κ1) is 13.2. The number of benzene rings is 2. The number of rotatable bonds is 4. The average molecular weight is 280 g/mol. The molecule has 0 aliphatic carbocycles. The standard InChI is InChI=1S/C17H16N2O2/c1-18-13-7-8-14-12(11-13)9-10-19-17(14)21-16-6-4-3-5-15(16)20-2/h3-11,18H,1-2H3. The molecule has 3 aromatic rings. The van der Waals surface area contributed by atoms with Gasteiger partial charge >= 0.3 is 0 Å². The third-order valence-electron chi connectivity index (χ3n) is 3.29. The molecule has 106 valence electrons. The monoisotopic (exact) mass is 280 g/mol. The molecule has 0 aliphatic heterocycles. The van der Waals surface area contributed by atoms with Crippen molar-refractivity contribution in [3.05, 3.63) is 54.7 Å². The highest BCUT2D eigenvalue weighted by Gasteiger charge is 2.09. The Morgan fingerprint density at radius 1 is 1.00 bits per heavy atom. The maximum Gasteiger partial charge on any atom is 0.227 e. The zero-order valence-corrected chi connectivity index (χ0v) is 12.0. The molecule has 4 nitrogen and oxygen atoms in total. The van der Waals surface area contributed by atoms with E-state index in [1.54, 1.807) is 13.3 Å². The first-order chi connectivity index (χ1) is 10.3. The first-order valence-electron chi connectivity index (χ1n) is 6.69. The number of methoxy groups -OCH3 is 1. The van der Waals surface area contributed by atoms with Crippen molar-refractivity contribution in [3.63, 3.8) is 0 Å². The summed E-state index contributed by atoms with van der Waals surface area (Å²) in [6.07, 6.45) is 1.74. The molecule has 0 aliphatic rings.